The van der Waals surface area contributed by atoms with Gasteiger partial charge in [-0.05, 0) is 24.3 Å². The highest BCUT2D eigenvalue weighted by molar-refractivity contribution is 7.09. The molecular weight excluding hydrogens is 322 g/mol. The highest BCUT2D eigenvalue weighted by Gasteiger charge is 2.21. The number of aromatic nitrogens is 3. The van der Waals surface area contributed by atoms with E-state index in [1.165, 1.54) is 4.88 Å². The molecule has 0 fully saturated rings. The lowest BCUT2D eigenvalue weighted by atomic mass is 10.1. The smallest absolute Gasteiger partial charge is 0.255 e. The number of aromatic amines is 1. The van der Waals surface area contributed by atoms with Crippen LogP contribution in [0.5, 0.6) is 0 Å². The number of nitrogens with zero attached hydrogens (tertiary/aromatic N) is 3. The highest BCUT2D eigenvalue weighted by Crippen LogP contribution is 2.21. The lowest BCUT2D eigenvalue weighted by Gasteiger charge is -2.27. The van der Waals surface area contributed by atoms with Gasteiger partial charge in [0.2, 0.25) is 0 Å². The Morgan fingerprint density at radius 1 is 1.29 bits per heavy atom. The Kier molecular flexibility index (Phi) is 3.87. The van der Waals surface area contributed by atoms with Gasteiger partial charge in [-0.3, -0.25) is 14.7 Å². The molecule has 4 rings (SSSR count). The van der Waals surface area contributed by atoms with Gasteiger partial charge >= 0.3 is 0 Å². The van der Waals surface area contributed by atoms with Crippen LogP contribution in [0.25, 0.3) is 11.4 Å². The van der Waals surface area contributed by atoms with Crippen LogP contribution in [0.3, 0.4) is 0 Å². The van der Waals surface area contributed by atoms with Crippen molar-refractivity contribution in [2.45, 2.75) is 19.5 Å². The predicted molar refractivity (Wildman–Crippen MR) is 94.6 cm³/mol. The number of hydrogen-bond donors (Lipinski definition) is 2. The van der Waals surface area contributed by atoms with Crippen LogP contribution in [0.15, 0.2) is 40.8 Å². The molecule has 0 amide bonds. The lowest BCUT2D eigenvalue weighted by molar-refractivity contribution is 0.244. The molecule has 0 saturated heterocycles. The molecule has 1 aromatic carbocycles. The minimum atomic E-state index is -0.0548. The number of nitrogens with one attached hydrogen (secondary N) is 1. The van der Waals surface area contributed by atoms with Gasteiger partial charge in [-0.1, -0.05) is 0 Å². The molecule has 7 heteroatoms. The average Bonchev–Trinajstić information content (AvgIpc) is 3.09. The Morgan fingerprint density at radius 2 is 2.12 bits per heavy atom. The third-order valence-electron chi connectivity index (χ3n) is 4.19. The molecule has 0 saturated carbocycles. The summed E-state index contributed by atoms with van der Waals surface area (Å²) in [5, 5.41) is 0. The van der Waals surface area contributed by atoms with Gasteiger partial charge < -0.3 is 10.7 Å². The average molecular weight is 339 g/mol. The fourth-order valence-electron chi connectivity index (χ4n) is 2.93. The summed E-state index contributed by atoms with van der Waals surface area (Å²) < 4.78 is 0. The van der Waals surface area contributed by atoms with E-state index in [-0.39, 0.29) is 5.56 Å². The molecule has 0 bridgehead atoms. The zero-order valence-corrected chi connectivity index (χ0v) is 13.8. The Labute approximate surface area is 143 Å². The van der Waals surface area contributed by atoms with Crippen molar-refractivity contribution in [1.29, 1.82) is 0 Å². The summed E-state index contributed by atoms with van der Waals surface area (Å²) >= 11 is 1.64. The number of anilines is 1. The molecular formula is C17H17N5OS. The van der Waals surface area contributed by atoms with Crippen LogP contribution in [-0.2, 0) is 19.5 Å². The van der Waals surface area contributed by atoms with Gasteiger partial charge in [0, 0.05) is 48.4 Å². The van der Waals surface area contributed by atoms with Crippen molar-refractivity contribution in [2.24, 2.45) is 0 Å². The Bertz CT molecular complexity index is 902. The Morgan fingerprint density at radius 3 is 2.88 bits per heavy atom. The molecule has 3 heterocycles. The quantitative estimate of drug-likeness (QED) is 0.713. The van der Waals surface area contributed by atoms with Gasteiger partial charge in [-0.2, -0.15) is 0 Å². The summed E-state index contributed by atoms with van der Waals surface area (Å²) in [6.45, 7) is 2.34. The lowest BCUT2D eigenvalue weighted by Crippen LogP contribution is -2.35. The molecule has 0 radical (unpaired) electrons. The number of rotatable bonds is 3. The summed E-state index contributed by atoms with van der Waals surface area (Å²) in [7, 11) is 0. The van der Waals surface area contributed by atoms with Gasteiger partial charge in [-0.25, -0.2) is 4.98 Å². The minimum absolute atomic E-state index is 0.0548. The predicted octanol–water partition coefficient (Wildman–Crippen LogP) is 2.03. The number of fused-ring (bicyclic) bond motifs is 1. The molecule has 3 N–H and O–H groups in total. The molecule has 1 aliphatic heterocycles. The zero-order valence-electron chi connectivity index (χ0n) is 13.0. The first-order valence-electron chi connectivity index (χ1n) is 7.77. The van der Waals surface area contributed by atoms with Crippen molar-refractivity contribution >= 4 is 17.0 Å². The van der Waals surface area contributed by atoms with E-state index in [4.69, 9.17) is 5.73 Å². The first kappa shape index (κ1) is 15.0. The molecule has 0 spiro atoms. The zero-order chi connectivity index (χ0) is 16.5. The van der Waals surface area contributed by atoms with E-state index >= 15 is 0 Å². The summed E-state index contributed by atoms with van der Waals surface area (Å²) in [6, 6.07) is 7.37. The largest absolute Gasteiger partial charge is 0.399 e. The number of nitrogen functional groups attached to an aromatic ring is 1. The molecule has 3 aromatic rings. The van der Waals surface area contributed by atoms with Crippen molar-refractivity contribution in [2.75, 3.05) is 12.3 Å². The maximum Gasteiger partial charge on any atom is 0.255 e. The second-order valence-corrected chi connectivity index (χ2v) is 6.86. The first-order valence-corrected chi connectivity index (χ1v) is 8.65. The molecule has 0 atom stereocenters. The van der Waals surface area contributed by atoms with Crippen LogP contribution in [0.4, 0.5) is 5.69 Å². The third-order valence-corrected chi connectivity index (χ3v) is 4.96. The summed E-state index contributed by atoms with van der Waals surface area (Å²) in [4.78, 5) is 27.7. The van der Waals surface area contributed by atoms with E-state index in [9.17, 15) is 4.79 Å². The molecule has 0 aliphatic carbocycles. The SMILES string of the molecule is Nc1ccc(-c2nc3c(c(=O)[nH]2)CN(Cc2cncs2)CC3)cc1. The van der Waals surface area contributed by atoms with Crippen LogP contribution >= 0.6 is 11.3 Å². The van der Waals surface area contributed by atoms with E-state index < -0.39 is 0 Å². The second-order valence-electron chi connectivity index (χ2n) is 5.89. The Balaban J connectivity index is 1.61. The number of H-pyrrole nitrogens is 1. The molecule has 0 unspecified atom stereocenters. The minimum Gasteiger partial charge on any atom is -0.399 e. The maximum atomic E-state index is 12.5. The highest BCUT2D eigenvalue weighted by atomic mass is 32.1. The number of benzene rings is 1. The first-order chi connectivity index (χ1) is 11.7. The van der Waals surface area contributed by atoms with E-state index in [1.807, 2.05) is 36.0 Å². The monoisotopic (exact) mass is 339 g/mol. The van der Waals surface area contributed by atoms with Gasteiger partial charge in [0.1, 0.15) is 5.82 Å². The van der Waals surface area contributed by atoms with Crippen LogP contribution in [0.1, 0.15) is 16.1 Å². The van der Waals surface area contributed by atoms with Crippen molar-refractivity contribution in [1.82, 2.24) is 19.9 Å². The summed E-state index contributed by atoms with van der Waals surface area (Å²) in [6.07, 6.45) is 2.66. The molecule has 1 aliphatic rings. The Hall–Kier alpha value is -2.51. The van der Waals surface area contributed by atoms with Gasteiger partial charge in [0.05, 0.1) is 16.8 Å². The fraction of sp³-hybridized carbons (Fsp3) is 0.235. The third kappa shape index (κ3) is 2.95. The van der Waals surface area contributed by atoms with E-state index in [0.29, 0.717) is 18.1 Å². The fourth-order valence-corrected chi connectivity index (χ4v) is 3.57. The summed E-state index contributed by atoms with van der Waals surface area (Å²) in [5.41, 5.74) is 10.7. The van der Waals surface area contributed by atoms with Crippen molar-refractivity contribution < 1.29 is 0 Å². The number of hydrogen-bond acceptors (Lipinski definition) is 6. The van der Waals surface area contributed by atoms with Crippen molar-refractivity contribution in [3.63, 3.8) is 0 Å². The standard InChI is InChI=1S/C17H17N5OS/c18-12-3-1-11(2-4-12)16-20-15-5-6-22(8-13-7-19-10-24-13)9-14(15)17(23)21-16/h1-4,7,10H,5-6,8-9,18H2,(H,20,21,23). The van der Waals surface area contributed by atoms with E-state index in [2.05, 4.69) is 19.9 Å². The van der Waals surface area contributed by atoms with Crippen LogP contribution < -0.4 is 11.3 Å². The number of thiazole rings is 1. The topological polar surface area (TPSA) is 87.9 Å². The van der Waals surface area contributed by atoms with Gasteiger partial charge in [0.15, 0.2) is 0 Å². The van der Waals surface area contributed by atoms with Crippen LogP contribution in [-0.4, -0.2) is 26.4 Å². The second kappa shape index (κ2) is 6.18. The number of nitrogens with two attached hydrogens (primary N) is 1. The molecule has 2 aromatic heterocycles. The molecule has 122 valence electrons. The van der Waals surface area contributed by atoms with E-state index in [1.54, 1.807) is 11.3 Å². The normalized spacial score (nSPS) is 14.5. The van der Waals surface area contributed by atoms with E-state index in [0.717, 1.165) is 36.3 Å². The van der Waals surface area contributed by atoms with Crippen molar-refractivity contribution in [3.05, 3.63) is 62.5 Å². The maximum absolute atomic E-state index is 12.5. The van der Waals surface area contributed by atoms with Gasteiger partial charge in [0.25, 0.3) is 5.56 Å². The van der Waals surface area contributed by atoms with Crippen molar-refractivity contribution in [3.8, 4) is 11.4 Å². The van der Waals surface area contributed by atoms with Gasteiger partial charge in [-0.15, -0.1) is 11.3 Å². The molecule has 6 nitrogen and oxygen atoms in total. The summed E-state index contributed by atoms with van der Waals surface area (Å²) in [5.74, 6) is 0.606. The van der Waals surface area contributed by atoms with Crippen LogP contribution in [0, 0.1) is 0 Å². The molecule has 24 heavy (non-hydrogen) atoms. The van der Waals surface area contributed by atoms with Crippen LogP contribution in [0.2, 0.25) is 0 Å².